The molecule has 0 aromatic carbocycles. The number of anilines is 2. The van der Waals surface area contributed by atoms with Crippen molar-refractivity contribution in [2.75, 3.05) is 43.9 Å². The van der Waals surface area contributed by atoms with Crippen LogP contribution in [0, 0.1) is 26.2 Å². The highest BCUT2D eigenvalue weighted by molar-refractivity contribution is 7.12. The van der Waals surface area contributed by atoms with E-state index in [-0.39, 0.29) is 30.3 Å². The van der Waals surface area contributed by atoms with Crippen molar-refractivity contribution in [3.05, 3.63) is 27.1 Å². The Bertz CT molecular complexity index is 1050. The zero-order valence-electron chi connectivity index (χ0n) is 20.2. The van der Waals surface area contributed by atoms with E-state index in [0.717, 1.165) is 29.7 Å². The summed E-state index contributed by atoms with van der Waals surface area (Å²) in [4.78, 5) is 38.5. The number of thiophene rings is 1. The summed E-state index contributed by atoms with van der Waals surface area (Å²) in [6.45, 7) is 11.6. The lowest BCUT2D eigenvalue weighted by Crippen LogP contribution is -2.60. The van der Waals surface area contributed by atoms with E-state index in [4.69, 9.17) is 9.26 Å². The second kappa shape index (κ2) is 9.64. The van der Waals surface area contributed by atoms with Crippen molar-refractivity contribution in [3.63, 3.8) is 0 Å². The average molecular weight is 478 g/mol. The van der Waals surface area contributed by atoms with E-state index >= 15 is 0 Å². The molecule has 3 heterocycles. The number of hydrogen-bond donors (Lipinski definition) is 2. The molecule has 1 fully saturated rings. The van der Waals surface area contributed by atoms with Crippen LogP contribution in [0.4, 0.5) is 11.6 Å². The first-order valence-electron chi connectivity index (χ1n) is 11.0. The molecule has 3 rings (SSSR count). The molecule has 1 aliphatic heterocycles. The van der Waals surface area contributed by atoms with Crippen LogP contribution in [0.3, 0.4) is 0 Å². The Labute approximate surface area is 198 Å². The number of aromatic nitrogens is 1. The second-order valence-corrected chi connectivity index (χ2v) is 10.6. The molecule has 0 atom stereocenters. The number of nitrogens with zero attached hydrogens (tertiary/aromatic N) is 2. The number of methoxy groups -OCH3 is 1. The predicted molar refractivity (Wildman–Crippen MR) is 126 cm³/mol. The highest BCUT2D eigenvalue weighted by Crippen LogP contribution is 2.34. The molecule has 1 saturated heterocycles. The molecule has 10 heteroatoms. The summed E-state index contributed by atoms with van der Waals surface area (Å²) < 4.78 is 10.4. The Morgan fingerprint density at radius 1 is 1.12 bits per heavy atom. The number of rotatable bonds is 7. The van der Waals surface area contributed by atoms with Crippen LogP contribution in [0.5, 0.6) is 0 Å². The van der Waals surface area contributed by atoms with Gasteiger partial charge in [0.25, 0.3) is 11.8 Å². The fraction of sp³-hybridized carbons (Fsp3) is 0.565. The molecule has 0 saturated carbocycles. The standard InChI is InChI=1S/C23H32N4O5S/c1-14-13-33-20(22(30)31-6)19(14)24-17(28)11-27(9-7-23(4,5)8-10-27)12-18(29)25-21-15(2)16(3)26-32-21/h13H,7-12H2,1-6H3,(H-,24,25,26,28,29,30)/p+1. The summed E-state index contributed by atoms with van der Waals surface area (Å²) in [6.07, 6.45) is 1.80. The Hall–Kier alpha value is -2.72. The number of ether oxygens (including phenoxy) is 1. The summed E-state index contributed by atoms with van der Waals surface area (Å²) in [7, 11) is 1.31. The van der Waals surface area contributed by atoms with Gasteiger partial charge in [-0.05, 0) is 37.1 Å². The van der Waals surface area contributed by atoms with E-state index in [1.165, 1.54) is 18.4 Å². The smallest absolute Gasteiger partial charge is 0.350 e. The Morgan fingerprint density at radius 2 is 1.73 bits per heavy atom. The number of likely N-dealkylation sites (tertiary alicyclic amines) is 1. The van der Waals surface area contributed by atoms with Crippen LogP contribution < -0.4 is 10.6 Å². The normalized spacial score (nSPS) is 16.8. The minimum absolute atomic E-state index is 0.133. The number of quaternary nitrogens is 1. The number of nitrogens with one attached hydrogen (secondary N) is 2. The number of esters is 1. The minimum Gasteiger partial charge on any atom is -0.465 e. The Balaban J connectivity index is 1.76. The molecule has 33 heavy (non-hydrogen) atoms. The highest BCUT2D eigenvalue weighted by atomic mass is 32.1. The zero-order valence-corrected chi connectivity index (χ0v) is 21.0. The quantitative estimate of drug-likeness (QED) is 0.465. The molecule has 2 aromatic heterocycles. The molecule has 180 valence electrons. The van der Waals surface area contributed by atoms with Crippen LogP contribution in [0.1, 0.15) is 53.2 Å². The maximum Gasteiger partial charge on any atom is 0.350 e. The van der Waals surface area contributed by atoms with Gasteiger partial charge < -0.3 is 19.1 Å². The van der Waals surface area contributed by atoms with Gasteiger partial charge in [0.1, 0.15) is 4.88 Å². The number of aryl methyl sites for hydroxylation is 2. The Morgan fingerprint density at radius 3 is 2.27 bits per heavy atom. The van der Waals surface area contributed by atoms with Crippen LogP contribution in [0.2, 0.25) is 0 Å². The molecule has 0 aliphatic carbocycles. The van der Waals surface area contributed by atoms with E-state index in [1.807, 2.05) is 26.2 Å². The molecule has 0 spiro atoms. The van der Waals surface area contributed by atoms with Gasteiger partial charge in [-0.25, -0.2) is 4.79 Å². The van der Waals surface area contributed by atoms with Crippen molar-refractivity contribution >= 4 is 40.7 Å². The number of carbonyl (C=O) groups excluding carboxylic acids is 3. The van der Waals surface area contributed by atoms with Crippen LogP contribution >= 0.6 is 11.3 Å². The maximum atomic E-state index is 13.1. The molecular formula is C23H33N4O5S+. The SMILES string of the molecule is COC(=O)c1scc(C)c1NC(=O)C[N+]1(CC(=O)Nc2onc(C)c2C)CCC(C)(C)CC1. The third-order valence-corrected chi connectivity index (χ3v) is 7.58. The van der Waals surface area contributed by atoms with Crippen molar-refractivity contribution in [2.45, 2.75) is 47.5 Å². The van der Waals surface area contributed by atoms with Gasteiger partial charge in [0.15, 0.2) is 13.1 Å². The summed E-state index contributed by atoms with van der Waals surface area (Å²) in [5.41, 5.74) is 2.95. The number of amides is 2. The van der Waals surface area contributed by atoms with Gasteiger partial charge >= 0.3 is 5.97 Å². The Kier molecular flexibility index (Phi) is 7.28. The van der Waals surface area contributed by atoms with E-state index in [9.17, 15) is 14.4 Å². The van der Waals surface area contributed by atoms with Crippen molar-refractivity contribution in [1.82, 2.24) is 5.16 Å². The zero-order chi connectivity index (χ0) is 24.4. The number of carbonyl (C=O) groups is 3. The first kappa shape index (κ1) is 24.9. The van der Waals surface area contributed by atoms with Crippen molar-refractivity contribution in [1.29, 1.82) is 0 Å². The molecule has 0 unspecified atom stereocenters. The van der Waals surface area contributed by atoms with Gasteiger partial charge in [-0.2, -0.15) is 0 Å². The largest absolute Gasteiger partial charge is 0.465 e. The maximum absolute atomic E-state index is 13.1. The van der Waals surface area contributed by atoms with E-state index in [0.29, 0.717) is 34.0 Å². The summed E-state index contributed by atoms with van der Waals surface area (Å²) in [5, 5.41) is 11.4. The first-order chi connectivity index (χ1) is 15.4. The summed E-state index contributed by atoms with van der Waals surface area (Å²) in [6, 6.07) is 0. The fourth-order valence-corrected chi connectivity index (χ4v) is 4.94. The van der Waals surface area contributed by atoms with Gasteiger partial charge in [0.05, 0.1) is 31.6 Å². The third kappa shape index (κ3) is 5.80. The summed E-state index contributed by atoms with van der Waals surface area (Å²) >= 11 is 1.24. The number of hydrogen-bond acceptors (Lipinski definition) is 7. The predicted octanol–water partition coefficient (Wildman–Crippen LogP) is 3.66. The van der Waals surface area contributed by atoms with Gasteiger partial charge in [0, 0.05) is 18.4 Å². The first-order valence-corrected chi connectivity index (χ1v) is 11.9. The number of piperidine rings is 1. The van der Waals surface area contributed by atoms with Crippen LogP contribution in [0.15, 0.2) is 9.90 Å². The molecule has 2 N–H and O–H groups in total. The molecule has 0 radical (unpaired) electrons. The molecule has 1 aliphatic rings. The molecule has 9 nitrogen and oxygen atoms in total. The third-order valence-electron chi connectivity index (χ3n) is 6.50. The van der Waals surface area contributed by atoms with Crippen LogP contribution in [-0.4, -0.2) is 60.7 Å². The lowest BCUT2D eigenvalue weighted by atomic mass is 9.81. The van der Waals surface area contributed by atoms with Gasteiger partial charge in [-0.1, -0.05) is 19.0 Å². The highest BCUT2D eigenvalue weighted by Gasteiger charge is 2.41. The van der Waals surface area contributed by atoms with Crippen molar-refractivity contribution < 1.29 is 28.1 Å². The molecular weight excluding hydrogens is 444 g/mol. The van der Waals surface area contributed by atoms with Gasteiger partial charge in [0.2, 0.25) is 5.88 Å². The topological polar surface area (TPSA) is 111 Å². The van der Waals surface area contributed by atoms with Crippen LogP contribution in [-0.2, 0) is 14.3 Å². The summed E-state index contributed by atoms with van der Waals surface area (Å²) in [5.74, 6) is -0.595. The van der Waals surface area contributed by atoms with E-state index < -0.39 is 5.97 Å². The van der Waals surface area contributed by atoms with Crippen molar-refractivity contribution in [3.8, 4) is 0 Å². The second-order valence-electron chi connectivity index (χ2n) is 9.70. The fourth-order valence-electron chi connectivity index (χ4n) is 4.02. The van der Waals surface area contributed by atoms with E-state index in [2.05, 4.69) is 29.6 Å². The molecule has 2 amide bonds. The van der Waals surface area contributed by atoms with Gasteiger partial charge in [-0.3, -0.25) is 14.9 Å². The lowest BCUT2D eigenvalue weighted by molar-refractivity contribution is -0.919. The molecule has 2 aromatic rings. The minimum atomic E-state index is -0.482. The lowest BCUT2D eigenvalue weighted by Gasteiger charge is -2.45. The molecule has 0 bridgehead atoms. The average Bonchev–Trinajstić information content (AvgIpc) is 3.26. The van der Waals surface area contributed by atoms with Crippen molar-refractivity contribution in [2.24, 2.45) is 5.41 Å². The van der Waals surface area contributed by atoms with E-state index in [1.54, 1.807) is 0 Å². The monoisotopic (exact) mass is 477 g/mol. The van der Waals surface area contributed by atoms with Crippen LogP contribution in [0.25, 0.3) is 0 Å². The van der Waals surface area contributed by atoms with Gasteiger partial charge in [-0.15, -0.1) is 11.3 Å².